The standard InChI is InChI=1S/C30H27F3N6O2S/c1-20-34-35-28(41-20)22-6-3-8-25(18-22)38-15-12-27(36-38)39(29(40)26-9-4-16-42-26)24-10-13-37(14-11-24)19-21-5-2-7-23(17-21)30(31,32)33/h2-9,12,15-18,24H,10-11,13-14,19H2,1H3. The average Bonchev–Trinajstić information content (AvgIpc) is 3.77. The molecule has 0 aliphatic carbocycles. The molecule has 5 aromatic rings. The van der Waals surface area contributed by atoms with Crippen LogP contribution in [-0.2, 0) is 12.7 Å². The summed E-state index contributed by atoms with van der Waals surface area (Å²) >= 11 is 1.38. The lowest BCUT2D eigenvalue weighted by Gasteiger charge is -2.37. The number of halogens is 3. The smallest absolute Gasteiger partial charge is 0.416 e. The fraction of sp³-hybridized carbons (Fsp3) is 0.267. The van der Waals surface area contributed by atoms with Gasteiger partial charge in [0.05, 0.1) is 16.1 Å². The van der Waals surface area contributed by atoms with Crippen molar-refractivity contribution in [3.63, 3.8) is 0 Å². The molecule has 1 aliphatic heterocycles. The van der Waals surface area contributed by atoms with Gasteiger partial charge in [-0.15, -0.1) is 26.6 Å². The highest BCUT2D eigenvalue weighted by Gasteiger charge is 2.33. The Hall–Kier alpha value is -4.29. The van der Waals surface area contributed by atoms with E-state index in [-0.39, 0.29) is 11.9 Å². The molecule has 0 saturated carbocycles. The number of benzene rings is 2. The second kappa shape index (κ2) is 11.5. The molecule has 8 nitrogen and oxygen atoms in total. The summed E-state index contributed by atoms with van der Waals surface area (Å²) in [5.41, 5.74) is 1.50. The molecule has 1 aliphatic rings. The van der Waals surface area contributed by atoms with Gasteiger partial charge in [-0.3, -0.25) is 14.6 Å². The summed E-state index contributed by atoms with van der Waals surface area (Å²) < 4.78 is 46.8. The quantitative estimate of drug-likeness (QED) is 0.211. The van der Waals surface area contributed by atoms with Gasteiger partial charge in [0, 0.05) is 50.4 Å². The van der Waals surface area contributed by atoms with Crippen molar-refractivity contribution in [3.05, 3.63) is 100 Å². The van der Waals surface area contributed by atoms with Crippen LogP contribution in [0.4, 0.5) is 19.0 Å². The van der Waals surface area contributed by atoms with Gasteiger partial charge < -0.3 is 4.42 Å². The van der Waals surface area contributed by atoms with Gasteiger partial charge in [0.25, 0.3) is 5.91 Å². The van der Waals surface area contributed by atoms with Crippen molar-refractivity contribution in [1.82, 2.24) is 24.9 Å². The van der Waals surface area contributed by atoms with Crippen molar-refractivity contribution >= 4 is 23.1 Å². The first-order chi connectivity index (χ1) is 20.2. The first-order valence-electron chi connectivity index (χ1n) is 13.5. The van der Waals surface area contributed by atoms with Crippen LogP contribution in [0.15, 0.2) is 82.7 Å². The molecule has 0 N–H and O–H groups in total. The molecular formula is C30H27F3N6O2S. The van der Waals surface area contributed by atoms with E-state index in [0.29, 0.717) is 60.5 Å². The van der Waals surface area contributed by atoms with Gasteiger partial charge in [-0.2, -0.15) is 13.2 Å². The first-order valence-corrected chi connectivity index (χ1v) is 14.3. The number of anilines is 1. The summed E-state index contributed by atoms with van der Waals surface area (Å²) in [6, 6.07) is 18.4. The fourth-order valence-electron chi connectivity index (χ4n) is 5.20. The lowest BCUT2D eigenvalue weighted by Crippen LogP contribution is -2.47. The van der Waals surface area contributed by atoms with Crippen molar-refractivity contribution in [2.75, 3.05) is 18.0 Å². The molecule has 1 fully saturated rings. The molecule has 3 aromatic heterocycles. The molecule has 1 saturated heterocycles. The number of likely N-dealkylation sites (tertiary alicyclic amines) is 1. The maximum absolute atomic E-state index is 13.7. The molecule has 6 rings (SSSR count). The van der Waals surface area contributed by atoms with E-state index in [0.717, 1.165) is 17.3 Å². The Labute approximate surface area is 244 Å². The van der Waals surface area contributed by atoms with Gasteiger partial charge >= 0.3 is 6.18 Å². The zero-order chi connectivity index (χ0) is 29.3. The van der Waals surface area contributed by atoms with Crippen LogP contribution in [0.25, 0.3) is 17.1 Å². The van der Waals surface area contributed by atoms with Crippen molar-refractivity contribution < 1.29 is 22.4 Å². The summed E-state index contributed by atoms with van der Waals surface area (Å²) in [4.78, 5) is 18.2. The number of piperidine rings is 1. The molecule has 4 heterocycles. The van der Waals surface area contributed by atoms with Gasteiger partial charge in [-0.05, 0) is 54.1 Å². The van der Waals surface area contributed by atoms with Crippen LogP contribution >= 0.6 is 11.3 Å². The molecule has 0 spiro atoms. The highest BCUT2D eigenvalue weighted by Crippen LogP contribution is 2.31. The molecule has 0 atom stereocenters. The largest absolute Gasteiger partial charge is 0.421 e. The number of hydrogen-bond acceptors (Lipinski definition) is 7. The SMILES string of the molecule is Cc1nnc(-c2cccc(-n3ccc(N(C(=O)c4cccs4)C4CCN(Cc5cccc(C(F)(F)F)c5)CC4)n3)c2)o1. The summed E-state index contributed by atoms with van der Waals surface area (Å²) in [6.45, 7) is 3.43. The Kier molecular flexibility index (Phi) is 7.65. The number of nitrogens with zero attached hydrogens (tertiary/aromatic N) is 6. The van der Waals surface area contributed by atoms with Crippen LogP contribution in [0.2, 0.25) is 0 Å². The van der Waals surface area contributed by atoms with E-state index >= 15 is 0 Å². The van der Waals surface area contributed by atoms with E-state index in [1.807, 2.05) is 48.0 Å². The van der Waals surface area contributed by atoms with E-state index in [1.54, 1.807) is 28.6 Å². The zero-order valence-corrected chi connectivity index (χ0v) is 23.5. The fourth-order valence-corrected chi connectivity index (χ4v) is 5.86. The predicted molar refractivity (Wildman–Crippen MR) is 152 cm³/mol. The monoisotopic (exact) mass is 592 g/mol. The second-order valence-electron chi connectivity index (χ2n) is 10.2. The van der Waals surface area contributed by atoms with Gasteiger partial charge in [0.15, 0.2) is 5.82 Å². The lowest BCUT2D eigenvalue weighted by molar-refractivity contribution is -0.137. The Morgan fingerprint density at radius 1 is 1.05 bits per heavy atom. The van der Waals surface area contributed by atoms with Gasteiger partial charge in [-0.1, -0.05) is 30.3 Å². The van der Waals surface area contributed by atoms with Crippen molar-refractivity contribution in [2.45, 2.75) is 38.5 Å². The molecule has 0 unspecified atom stereocenters. The Morgan fingerprint density at radius 2 is 1.86 bits per heavy atom. The van der Waals surface area contributed by atoms with Crippen LogP contribution in [0.3, 0.4) is 0 Å². The number of amides is 1. The molecule has 0 bridgehead atoms. The number of rotatable bonds is 7. The average molecular weight is 593 g/mol. The number of alkyl halides is 3. The van der Waals surface area contributed by atoms with E-state index < -0.39 is 11.7 Å². The van der Waals surface area contributed by atoms with E-state index in [1.165, 1.54) is 23.5 Å². The summed E-state index contributed by atoms with van der Waals surface area (Å²) in [7, 11) is 0. The number of aromatic nitrogens is 4. The van der Waals surface area contributed by atoms with Crippen LogP contribution < -0.4 is 4.90 Å². The van der Waals surface area contributed by atoms with Crippen LogP contribution in [-0.4, -0.2) is 49.9 Å². The predicted octanol–water partition coefficient (Wildman–Crippen LogP) is 6.62. The molecule has 216 valence electrons. The minimum Gasteiger partial charge on any atom is -0.421 e. The van der Waals surface area contributed by atoms with Crippen LogP contribution in [0.5, 0.6) is 0 Å². The Morgan fingerprint density at radius 3 is 2.57 bits per heavy atom. The molecular weight excluding hydrogens is 565 g/mol. The maximum Gasteiger partial charge on any atom is 0.416 e. The van der Waals surface area contributed by atoms with Crippen molar-refractivity contribution in [3.8, 4) is 17.1 Å². The third kappa shape index (κ3) is 6.00. The van der Waals surface area contributed by atoms with Crippen LogP contribution in [0.1, 0.15) is 39.5 Å². The minimum absolute atomic E-state index is 0.117. The third-order valence-electron chi connectivity index (χ3n) is 7.24. The number of thiophene rings is 1. The zero-order valence-electron chi connectivity index (χ0n) is 22.7. The van der Waals surface area contributed by atoms with E-state index in [2.05, 4.69) is 15.1 Å². The summed E-state index contributed by atoms with van der Waals surface area (Å²) in [5, 5.41) is 14.6. The number of carbonyl (C=O) groups excluding carboxylic acids is 1. The summed E-state index contributed by atoms with van der Waals surface area (Å²) in [5.74, 6) is 1.29. The number of hydrogen-bond donors (Lipinski definition) is 0. The van der Waals surface area contributed by atoms with E-state index in [9.17, 15) is 18.0 Å². The second-order valence-corrected chi connectivity index (χ2v) is 11.1. The molecule has 42 heavy (non-hydrogen) atoms. The molecule has 12 heteroatoms. The number of carbonyl (C=O) groups is 1. The Balaban J connectivity index is 1.21. The van der Waals surface area contributed by atoms with Crippen LogP contribution in [0, 0.1) is 6.92 Å². The van der Waals surface area contributed by atoms with Gasteiger partial charge in [-0.25, -0.2) is 4.68 Å². The number of aryl methyl sites for hydroxylation is 1. The van der Waals surface area contributed by atoms with Gasteiger partial charge in [0.2, 0.25) is 11.8 Å². The maximum atomic E-state index is 13.7. The lowest BCUT2D eigenvalue weighted by atomic mass is 10.0. The minimum atomic E-state index is -4.37. The summed E-state index contributed by atoms with van der Waals surface area (Å²) in [6.07, 6.45) is -1.24. The van der Waals surface area contributed by atoms with Crippen molar-refractivity contribution in [1.29, 1.82) is 0 Å². The van der Waals surface area contributed by atoms with Crippen molar-refractivity contribution in [2.24, 2.45) is 0 Å². The first kappa shape index (κ1) is 27.9. The normalized spacial score (nSPS) is 14.8. The third-order valence-corrected chi connectivity index (χ3v) is 8.10. The highest BCUT2D eigenvalue weighted by molar-refractivity contribution is 7.12. The molecule has 1 amide bonds. The van der Waals surface area contributed by atoms with Gasteiger partial charge in [0.1, 0.15) is 0 Å². The molecule has 0 radical (unpaired) electrons. The van der Waals surface area contributed by atoms with E-state index in [4.69, 9.17) is 9.52 Å². The Bertz CT molecular complexity index is 1670. The highest BCUT2D eigenvalue weighted by atomic mass is 32.1. The topological polar surface area (TPSA) is 80.3 Å². The molecule has 2 aromatic carbocycles.